The van der Waals surface area contributed by atoms with E-state index in [0.717, 1.165) is 3.79 Å². The summed E-state index contributed by atoms with van der Waals surface area (Å²) >= 11 is 4.57. The number of benzene rings is 1. The Hall–Kier alpha value is -1.66. The van der Waals surface area contributed by atoms with Gasteiger partial charge in [-0.25, -0.2) is 4.79 Å². The van der Waals surface area contributed by atoms with Crippen molar-refractivity contribution in [3.8, 4) is 0 Å². The first-order valence-corrected chi connectivity index (χ1v) is 7.82. The molecule has 2 aromatic rings. The van der Waals surface area contributed by atoms with Crippen molar-refractivity contribution in [2.75, 3.05) is 14.1 Å². The Morgan fingerprint density at radius 1 is 1.14 bits per heavy atom. The van der Waals surface area contributed by atoms with Crippen LogP contribution in [0.4, 0.5) is 0 Å². The first kappa shape index (κ1) is 15.7. The lowest BCUT2D eigenvalue weighted by atomic mass is 10.1. The molecule has 0 fully saturated rings. The lowest BCUT2D eigenvalue weighted by Gasteiger charge is -2.20. The van der Waals surface area contributed by atoms with Crippen LogP contribution in [0.15, 0.2) is 46.3 Å². The SMILES string of the molecule is CN(C)C(=O)C(OC(=O)c1ccc(Br)s1)c1ccccc1. The van der Waals surface area contributed by atoms with E-state index < -0.39 is 12.1 Å². The van der Waals surface area contributed by atoms with Crippen molar-refractivity contribution in [1.82, 2.24) is 4.90 Å². The van der Waals surface area contributed by atoms with Crippen LogP contribution in [0.3, 0.4) is 0 Å². The number of nitrogens with zero attached hydrogens (tertiary/aromatic N) is 1. The molecule has 0 aliphatic rings. The molecule has 1 aromatic carbocycles. The number of carbonyl (C=O) groups is 2. The van der Waals surface area contributed by atoms with Gasteiger partial charge in [-0.05, 0) is 28.1 Å². The molecule has 0 radical (unpaired) electrons. The summed E-state index contributed by atoms with van der Waals surface area (Å²) < 4.78 is 6.26. The van der Waals surface area contributed by atoms with Crippen molar-refractivity contribution in [2.45, 2.75) is 6.10 Å². The van der Waals surface area contributed by atoms with Gasteiger partial charge in [0.25, 0.3) is 5.91 Å². The summed E-state index contributed by atoms with van der Waals surface area (Å²) in [4.78, 5) is 26.3. The monoisotopic (exact) mass is 367 g/mol. The van der Waals surface area contributed by atoms with Gasteiger partial charge in [-0.2, -0.15) is 0 Å². The van der Waals surface area contributed by atoms with Crippen molar-refractivity contribution >= 4 is 39.1 Å². The fourth-order valence-corrected chi connectivity index (χ4v) is 2.98. The maximum atomic E-state index is 12.3. The number of hydrogen-bond donors (Lipinski definition) is 0. The van der Waals surface area contributed by atoms with Crippen molar-refractivity contribution < 1.29 is 14.3 Å². The zero-order chi connectivity index (χ0) is 15.4. The molecule has 6 heteroatoms. The van der Waals surface area contributed by atoms with Crippen LogP contribution >= 0.6 is 27.3 Å². The predicted octanol–water partition coefficient (Wildman–Crippen LogP) is 3.50. The Labute approximate surface area is 135 Å². The predicted molar refractivity (Wildman–Crippen MR) is 85.3 cm³/mol. The fraction of sp³-hybridized carbons (Fsp3) is 0.200. The Morgan fingerprint density at radius 3 is 2.33 bits per heavy atom. The third-order valence-electron chi connectivity index (χ3n) is 2.77. The van der Waals surface area contributed by atoms with Crippen LogP contribution in [0.25, 0.3) is 0 Å². The van der Waals surface area contributed by atoms with Gasteiger partial charge >= 0.3 is 5.97 Å². The van der Waals surface area contributed by atoms with E-state index in [9.17, 15) is 9.59 Å². The molecule has 4 nitrogen and oxygen atoms in total. The molecular formula is C15H14BrNO3S. The van der Waals surface area contributed by atoms with Crippen LogP contribution in [-0.2, 0) is 9.53 Å². The summed E-state index contributed by atoms with van der Waals surface area (Å²) in [5.74, 6) is -0.778. The average Bonchev–Trinajstić information content (AvgIpc) is 2.91. The van der Waals surface area contributed by atoms with Gasteiger partial charge in [-0.15, -0.1) is 11.3 Å². The minimum Gasteiger partial charge on any atom is -0.443 e. The van der Waals surface area contributed by atoms with Crippen LogP contribution in [0.5, 0.6) is 0 Å². The molecule has 1 heterocycles. The van der Waals surface area contributed by atoms with Gasteiger partial charge in [0.2, 0.25) is 6.10 Å². The number of hydrogen-bond acceptors (Lipinski definition) is 4. The fourth-order valence-electron chi connectivity index (χ4n) is 1.71. The second kappa shape index (κ2) is 6.87. The van der Waals surface area contributed by atoms with E-state index >= 15 is 0 Å². The first-order valence-electron chi connectivity index (χ1n) is 6.21. The zero-order valence-electron chi connectivity index (χ0n) is 11.6. The molecule has 0 aliphatic carbocycles. The van der Waals surface area contributed by atoms with Gasteiger partial charge in [0.15, 0.2) is 0 Å². The highest BCUT2D eigenvalue weighted by atomic mass is 79.9. The number of thiophene rings is 1. The topological polar surface area (TPSA) is 46.6 Å². The molecule has 1 aromatic heterocycles. The molecule has 0 saturated carbocycles. The standard InChI is InChI=1S/C15H14BrNO3S/c1-17(2)14(18)13(10-6-4-3-5-7-10)20-15(19)11-8-9-12(16)21-11/h3-9,13H,1-2H3. The van der Waals surface area contributed by atoms with Gasteiger partial charge in [0.05, 0.1) is 3.79 Å². The number of esters is 1. The third kappa shape index (κ3) is 3.92. The van der Waals surface area contributed by atoms with Gasteiger partial charge in [0, 0.05) is 19.7 Å². The highest BCUT2D eigenvalue weighted by Gasteiger charge is 2.27. The molecule has 0 aliphatic heterocycles. The minimum atomic E-state index is -0.936. The molecule has 21 heavy (non-hydrogen) atoms. The third-order valence-corrected chi connectivity index (χ3v) is 4.37. The molecule has 2 rings (SSSR count). The maximum absolute atomic E-state index is 12.3. The smallest absolute Gasteiger partial charge is 0.349 e. The van der Waals surface area contributed by atoms with Crippen molar-refractivity contribution in [2.24, 2.45) is 0 Å². The lowest BCUT2D eigenvalue weighted by Crippen LogP contribution is -2.31. The average molecular weight is 368 g/mol. The Kier molecular flexibility index (Phi) is 5.14. The van der Waals surface area contributed by atoms with Crippen LogP contribution in [0, 0.1) is 0 Å². The molecular weight excluding hydrogens is 354 g/mol. The van der Waals surface area contributed by atoms with E-state index in [1.54, 1.807) is 50.5 Å². The second-order valence-electron chi connectivity index (χ2n) is 4.53. The van der Waals surface area contributed by atoms with Crippen LogP contribution in [0.2, 0.25) is 0 Å². The second-order valence-corrected chi connectivity index (χ2v) is 7.00. The van der Waals surface area contributed by atoms with Crippen LogP contribution < -0.4 is 0 Å². The highest BCUT2D eigenvalue weighted by Crippen LogP contribution is 2.26. The minimum absolute atomic E-state index is 0.273. The summed E-state index contributed by atoms with van der Waals surface area (Å²) in [7, 11) is 3.27. The van der Waals surface area contributed by atoms with E-state index in [1.807, 2.05) is 6.07 Å². The molecule has 1 unspecified atom stereocenters. The number of ether oxygens (including phenoxy) is 1. The van der Waals surface area contributed by atoms with Gasteiger partial charge in [-0.3, -0.25) is 4.79 Å². The number of carbonyl (C=O) groups excluding carboxylic acids is 2. The molecule has 0 N–H and O–H groups in total. The lowest BCUT2D eigenvalue weighted by molar-refractivity contribution is -0.138. The molecule has 0 bridgehead atoms. The summed E-state index contributed by atoms with van der Waals surface area (Å²) in [5.41, 5.74) is 0.653. The zero-order valence-corrected chi connectivity index (χ0v) is 14.0. The van der Waals surface area contributed by atoms with Crippen molar-refractivity contribution in [3.63, 3.8) is 0 Å². The number of amides is 1. The summed E-state index contributed by atoms with van der Waals surface area (Å²) in [6.07, 6.45) is -0.936. The van der Waals surface area contributed by atoms with E-state index in [2.05, 4.69) is 15.9 Å². The summed E-state index contributed by atoms with van der Waals surface area (Å²) in [5, 5.41) is 0. The Morgan fingerprint density at radius 2 is 1.81 bits per heavy atom. The normalized spacial score (nSPS) is 11.8. The Bertz CT molecular complexity index is 639. The summed E-state index contributed by atoms with van der Waals surface area (Å²) in [6, 6.07) is 12.4. The van der Waals surface area contributed by atoms with Crippen molar-refractivity contribution in [1.29, 1.82) is 0 Å². The number of likely N-dealkylation sites (N-methyl/N-ethyl adjacent to an activating group) is 1. The summed E-state index contributed by atoms with van der Waals surface area (Å²) in [6.45, 7) is 0. The van der Waals surface area contributed by atoms with E-state index in [-0.39, 0.29) is 5.91 Å². The van der Waals surface area contributed by atoms with Crippen molar-refractivity contribution in [3.05, 3.63) is 56.7 Å². The van der Waals surface area contributed by atoms with Gasteiger partial charge < -0.3 is 9.64 Å². The van der Waals surface area contributed by atoms with E-state index in [1.165, 1.54) is 16.2 Å². The quantitative estimate of drug-likeness (QED) is 0.776. The van der Waals surface area contributed by atoms with Gasteiger partial charge in [0.1, 0.15) is 4.88 Å². The van der Waals surface area contributed by atoms with Crippen LogP contribution in [-0.4, -0.2) is 30.9 Å². The van der Waals surface area contributed by atoms with E-state index in [0.29, 0.717) is 10.4 Å². The maximum Gasteiger partial charge on any atom is 0.349 e. The van der Waals surface area contributed by atoms with E-state index in [4.69, 9.17) is 4.74 Å². The molecule has 110 valence electrons. The molecule has 0 saturated heterocycles. The largest absolute Gasteiger partial charge is 0.443 e. The molecule has 1 atom stereocenters. The van der Waals surface area contributed by atoms with Crippen LogP contribution in [0.1, 0.15) is 21.3 Å². The number of halogens is 1. The number of rotatable bonds is 4. The van der Waals surface area contributed by atoms with Gasteiger partial charge in [-0.1, -0.05) is 30.3 Å². The molecule has 1 amide bonds. The molecule has 0 spiro atoms. The first-order chi connectivity index (χ1) is 9.99. The highest BCUT2D eigenvalue weighted by molar-refractivity contribution is 9.11. The Balaban J connectivity index is 2.24.